The number of amides is 1. The molecule has 0 radical (unpaired) electrons. The van der Waals surface area contributed by atoms with Gasteiger partial charge in [0.2, 0.25) is 11.8 Å². The van der Waals surface area contributed by atoms with Crippen LogP contribution in [0, 0.1) is 0 Å². The van der Waals surface area contributed by atoms with Crippen molar-refractivity contribution in [3.63, 3.8) is 0 Å². The van der Waals surface area contributed by atoms with Crippen LogP contribution in [0.25, 0.3) is 0 Å². The van der Waals surface area contributed by atoms with E-state index in [2.05, 4.69) is 15.2 Å². The summed E-state index contributed by atoms with van der Waals surface area (Å²) in [5.41, 5.74) is 0.883. The minimum absolute atomic E-state index is 0.000192. The Kier molecular flexibility index (Phi) is 6.53. The smallest absolute Gasteiger partial charge is 0.339 e. The minimum Gasteiger partial charge on any atom is -0.339 e. The lowest BCUT2D eigenvalue weighted by atomic mass is 9.93. The van der Waals surface area contributed by atoms with Gasteiger partial charge in [0.15, 0.2) is 0 Å². The largest absolute Gasteiger partial charge is 0.451 e. The van der Waals surface area contributed by atoms with Crippen LogP contribution in [-0.2, 0) is 12.4 Å². The first-order chi connectivity index (χ1) is 19.0. The van der Waals surface area contributed by atoms with Crippen LogP contribution in [0.1, 0.15) is 83.0 Å². The third kappa shape index (κ3) is 5.03. The predicted molar refractivity (Wildman–Crippen MR) is 131 cm³/mol. The number of aromatic nitrogens is 5. The fourth-order valence-electron chi connectivity index (χ4n) is 5.90. The van der Waals surface area contributed by atoms with E-state index in [-0.39, 0.29) is 35.9 Å². The normalized spacial score (nSPS) is 20.9. The van der Waals surface area contributed by atoms with Crippen molar-refractivity contribution in [2.45, 2.75) is 62.3 Å². The Morgan fingerprint density at radius 3 is 2.27 bits per heavy atom. The van der Waals surface area contributed by atoms with Crippen molar-refractivity contribution < 1.29 is 31.1 Å². The van der Waals surface area contributed by atoms with Crippen LogP contribution in [0.3, 0.4) is 0 Å². The Morgan fingerprint density at radius 1 is 0.900 bits per heavy atom. The molecular weight excluding hydrogens is 540 g/mol. The molecule has 2 aliphatic heterocycles. The minimum atomic E-state index is -4.60. The van der Waals surface area contributed by atoms with Gasteiger partial charge in [-0.25, -0.2) is 0 Å². The zero-order valence-corrected chi connectivity index (χ0v) is 21.3. The van der Waals surface area contributed by atoms with E-state index in [4.69, 9.17) is 0 Å². The first-order valence-corrected chi connectivity index (χ1v) is 13.3. The number of likely N-dealkylation sites (tertiary alicyclic amines) is 1. The van der Waals surface area contributed by atoms with Gasteiger partial charge in [-0.1, -0.05) is 18.2 Å². The molecule has 4 heterocycles. The molecule has 1 saturated carbocycles. The molecule has 8 nitrogen and oxygen atoms in total. The molecule has 3 aliphatic rings. The molecule has 1 amide bonds. The number of benzene rings is 1. The van der Waals surface area contributed by atoms with Gasteiger partial charge in [0.25, 0.3) is 5.91 Å². The number of anilines is 1. The zero-order chi connectivity index (χ0) is 28.2. The third-order valence-electron chi connectivity index (χ3n) is 8.05. The molecule has 0 spiro atoms. The van der Waals surface area contributed by atoms with E-state index in [1.165, 1.54) is 12.1 Å². The molecule has 1 N–H and O–H groups in total. The molecule has 1 aromatic carbocycles. The molecule has 2 aromatic heterocycles. The number of nitrogens with one attached hydrogen (secondary N) is 1. The van der Waals surface area contributed by atoms with Crippen molar-refractivity contribution in [1.82, 2.24) is 29.9 Å². The number of carbonyl (C=O) groups excluding carboxylic acids is 1. The van der Waals surface area contributed by atoms with E-state index in [9.17, 15) is 31.1 Å². The second-order valence-corrected chi connectivity index (χ2v) is 10.7. The maximum atomic E-state index is 13.6. The number of nitrogens with zero attached hydrogens (tertiary/aromatic N) is 6. The van der Waals surface area contributed by atoms with Crippen molar-refractivity contribution in [2.75, 3.05) is 31.1 Å². The van der Waals surface area contributed by atoms with Crippen LogP contribution in [-0.4, -0.2) is 61.9 Å². The third-order valence-corrected chi connectivity index (χ3v) is 8.05. The highest BCUT2D eigenvalue weighted by Crippen LogP contribution is 2.44. The van der Waals surface area contributed by atoms with E-state index in [0.717, 1.165) is 24.6 Å². The molecule has 3 aromatic rings. The lowest BCUT2D eigenvalue weighted by Gasteiger charge is -2.32. The summed E-state index contributed by atoms with van der Waals surface area (Å²) in [6.45, 7) is 1.43. The van der Waals surface area contributed by atoms with Crippen LogP contribution in [0.15, 0.2) is 30.5 Å². The van der Waals surface area contributed by atoms with Crippen molar-refractivity contribution in [2.24, 2.45) is 0 Å². The van der Waals surface area contributed by atoms with Crippen LogP contribution in [0.5, 0.6) is 0 Å². The molecule has 0 unspecified atom stereocenters. The number of piperidine rings is 1. The van der Waals surface area contributed by atoms with Crippen molar-refractivity contribution >= 4 is 11.9 Å². The van der Waals surface area contributed by atoms with E-state index in [1.807, 2.05) is 9.78 Å². The molecule has 0 bridgehead atoms. The van der Waals surface area contributed by atoms with Gasteiger partial charge in [0, 0.05) is 38.0 Å². The highest BCUT2D eigenvalue weighted by molar-refractivity contribution is 5.95. The highest BCUT2D eigenvalue weighted by Gasteiger charge is 2.41. The number of aromatic amines is 1. The number of hydrogen-bond donors (Lipinski definition) is 1. The van der Waals surface area contributed by atoms with Crippen LogP contribution in [0.2, 0.25) is 0 Å². The van der Waals surface area contributed by atoms with E-state index in [1.54, 1.807) is 22.1 Å². The predicted octanol–water partition coefficient (Wildman–Crippen LogP) is 5.39. The van der Waals surface area contributed by atoms with Crippen LogP contribution in [0.4, 0.5) is 32.3 Å². The summed E-state index contributed by atoms with van der Waals surface area (Å²) < 4.78 is 81.3. The molecule has 214 valence electrons. The van der Waals surface area contributed by atoms with Crippen molar-refractivity contribution in [1.29, 1.82) is 0 Å². The molecule has 2 saturated heterocycles. The molecule has 14 heteroatoms. The fraction of sp³-hybridized carbons (Fsp3) is 0.538. The Bertz CT molecular complexity index is 1380. The van der Waals surface area contributed by atoms with Gasteiger partial charge < -0.3 is 9.80 Å². The lowest BCUT2D eigenvalue weighted by molar-refractivity contribution is -0.144. The SMILES string of the molecule is O=C(c1cnn(C2CCN(c3n[nH]c(C(F)(F)F)n3)CC2)c1C1CC1)N1CC[C@@H](c2ccccc2C(F)(F)F)C1. The molecule has 3 fully saturated rings. The summed E-state index contributed by atoms with van der Waals surface area (Å²) in [7, 11) is 0. The van der Waals surface area contributed by atoms with E-state index < -0.39 is 29.7 Å². The van der Waals surface area contributed by atoms with Crippen LogP contribution < -0.4 is 4.90 Å². The Hall–Kier alpha value is -3.58. The summed E-state index contributed by atoms with van der Waals surface area (Å²) in [4.78, 5) is 20.5. The second kappa shape index (κ2) is 9.81. The second-order valence-electron chi connectivity index (χ2n) is 10.7. The number of alkyl halides is 6. The average Bonchev–Trinajstić information content (AvgIpc) is 3.32. The standard InChI is InChI=1S/C26H27F6N7O/c27-25(28,29)20-4-2-1-3-18(20)16-7-10-38(14-16)22(40)19-13-33-39(21(19)15-5-6-15)17-8-11-37(12-9-17)24-34-23(35-36-24)26(30,31)32/h1-4,13,15-17H,5-12,14H2,(H,34,35,36)/t16-/m1/s1. The molecular formula is C26H27F6N7O. The van der Waals surface area contributed by atoms with Crippen molar-refractivity contribution in [3.8, 4) is 0 Å². The number of hydrogen-bond acceptors (Lipinski definition) is 5. The Labute approximate surface area is 225 Å². The van der Waals surface area contributed by atoms with E-state index in [0.29, 0.717) is 44.5 Å². The quantitative estimate of drug-likeness (QED) is 0.419. The summed E-state index contributed by atoms with van der Waals surface area (Å²) in [6.07, 6.45) is -4.04. The maximum Gasteiger partial charge on any atom is 0.451 e. The van der Waals surface area contributed by atoms with Crippen molar-refractivity contribution in [3.05, 3.63) is 58.7 Å². The van der Waals surface area contributed by atoms with Gasteiger partial charge >= 0.3 is 12.4 Å². The van der Waals surface area contributed by atoms with Crippen LogP contribution >= 0.6 is 0 Å². The summed E-state index contributed by atoms with van der Waals surface area (Å²) in [5, 5.41) is 10.2. The number of rotatable bonds is 5. The molecule has 1 atom stereocenters. The first-order valence-electron chi connectivity index (χ1n) is 13.3. The van der Waals surface area contributed by atoms with Gasteiger partial charge in [-0.15, -0.1) is 5.10 Å². The van der Waals surface area contributed by atoms with Gasteiger partial charge in [0.05, 0.1) is 29.1 Å². The van der Waals surface area contributed by atoms with Gasteiger partial charge in [-0.05, 0) is 43.7 Å². The molecule has 1 aliphatic carbocycles. The monoisotopic (exact) mass is 567 g/mol. The lowest BCUT2D eigenvalue weighted by Crippen LogP contribution is -2.36. The highest BCUT2D eigenvalue weighted by atomic mass is 19.4. The van der Waals surface area contributed by atoms with E-state index >= 15 is 0 Å². The van der Waals surface area contributed by atoms with Gasteiger partial charge in [-0.3, -0.25) is 14.6 Å². The average molecular weight is 568 g/mol. The first kappa shape index (κ1) is 26.6. The van der Waals surface area contributed by atoms with Gasteiger partial charge in [0.1, 0.15) is 0 Å². The Balaban J connectivity index is 1.16. The topological polar surface area (TPSA) is 82.9 Å². The number of carbonyl (C=O) groups is 1. The summed E-state index contributed by atoms with van der Waals surface area (Å²) in [5.74, 6) is -1.58. The molecule has 40 heavy (non-hydrogen) atoms. The fourth-order valence-corrected chi connectivity index (χ4v) is 5.90. The summed E-state index contributed by atoms with van der Waals surface area (Å²) >= 11 is 0. The maximum absolute atomic E-state index is 13.6. The molecule has 6 rings (SSSR count). The zero-order valence-electron chi connectivity index (χ0n) is 21.3. The number of H-pyrrole nitrogens is 1. The Morgan fingerprint density at radius 2 is 1.62 bits per heavy atom. The summed E-state index contributed by atoms with van der Waals surface area (Å²) in [6, 6.07) is 5.49. The number of halogens is 6. The van der Waals surface area contributed by atoms with Gasteiger partial charge in [-0.2, -0.15) is 36.4 Å².